The van der Waals surface area contributed by atoms with E-state index < -0.39 is 11.7 Å². The lowest BCUT2D eigenvalue weighted by Gasteiger charge is -2.20. The van der Waals surface area contributed by atoms with Gasteiger partial charge in [-0.15, -0.1) is 0 Å². The van der Waals surface area contributed by atoms with Crippen LogP contribution in [0.4, 0.5) is 0 Å². The number of aliphatic hydroxyl groups is 2. The molecule has 64 valence electrons. The molecular weight excluding hydrogens is 148 g/mol. The van der Waals surface area contributed by atoms with Gasteiger partial charge in [0.25, 0.3) is 0 Å². The third-order valence-corrected chi connectivity index (χ3v) is 2.31. The summed E-state index contributed by atoms with van der Waals surface area (Å²) < 4.78 is 10.4. The molecule has 2 aliphatic heterocycles. The van der Waals surface area contributed by atoms with E-state index in [2.05, 4.69) is 0 Å². The van der Waals surface area contributed by atoms with Crippen LogP contribution >= 0.6 is 0 Å². The maximum atomic E-state index is 9.62. The van der Waals surface area contributed by atoms with Crippen LogP contribution in [-0.4, -0.2) is 47.3 Å². The summed E-state index contributed by atoms with van der Waals surface area (Å²) in [7, 11) is 0. The Hall–Kier alpha value is -0.160. The molecule has 0 aromatic carbocycles. The smallest absolute Gasteiger partial charge is 0.117 e. The highest BCUT2D eigenvalue weighted by atomic mass is 16.6. The molecule has 2 saturated heterocycles. The van der Waals surface area contributed by atoms with Gasteiger partial charge in [-0.1, -0.05) is 0 Å². The molecule has 2 fully saturated rings. The second kappa shape index (κ2) is 2.17. The van der Waals surface area contributed by atoms with Gasteiger partial charge in [0.05, 0.1) is 13.2 Å². The second-order valence-corrected chi connectivity index (χ2v) is 3.45. The molecule has 2 heterocycles. The summed E-state index contributed by atoms with van der Waals surface area (Å²) in [5, 5.41) is 18.9. The number of ether oxygens (including phenoxy) is 2. The van der Waals surface area contributed by atoms with Gasteiger partial charge in [0.15, 0.2) is 0 Å². The van der Waals surface area contributed by atoms with Crippen molar-refractivity contribution in [3.8, 4) is 0 Å². The predicted molar refractivity (Wildman–Crippen MR) is 36.1 cm³/mol. The summed E-state index contributed by atoms with van der Waals surface area (Å²) in [4.78, 5) is 0. The summed E-state index contributed by atoms with van der Waals surface area (Å²) in [6.45, 7) is 2.18. The quantitative estimate of drug-likeness (QED) is 0.472. The van der Waals surface area contributed by atoms with Gasteiger partial charge in [-0.05, 0) is 6.92 Å². The van der Waals surface area contributed by atoms with E-state index in [-0.39, 0.29) is 25.4 Å². The fourth-order valence-electron chi connectivity index (χ4n) is 1.67. The molecule has 0 amide bonds. The molecular formula is C7H12O4. The lowest BCUT2D eigenvalue weighted by molar-refractivity contribution is -0.0568. The Morgan fingerprint density at radius 1 is 1.45 bits per heavy atom. The normalized spacial score (nSPS) is 56.5. The highest BCUT2D eigenvalue weighted by Gasteiger charge is 2.53. The Balaban J connectivity index is 2.17. The van der Waals surface area contributed by atoms with Gasteiger partial charge in [0.2, 0.25) is 0 Å². The van der Waals surface area contributed by atoms with E-state index in [1.54, 1.807) is 6.92 Å². The zero-order valence-corrected chi connectivity index (χ0v) is 6.36. The van der Waals surface area contributed by atoms with Crippen molar-refractivity contribution in [2.75, 3.05) is 13.2 Å². The van der Waals surface area contributed by atoms with Crippen LogP contribution in [0.1, 0.15) is 6.92 Å². The second-order valence-electron chi connectivity index (χ2n) is 3.45. The van der Waals surface area contributed by atoms with Gasteiger partial charge in [0, 0.05) is 0 Å². The fourth-order valence-corrected chi connectivity index (χ4v) is 1.67. The Bertz CT molecular complexity index is 168. The molecule has 4 heteroatoms. The summed E-state index contributed by atoms with van der Waals surface area (Å²) >= 11 is 0. The first-order chi connectivity index (χ1) is 5.11. The Morgan fingerprint density at radius 2 is 2.18 bits per heavy atom. The zero-order valence-electron chi connectivity index (χ0n) is 6.36. The minimum atomic E-state index is -0.928. The van der Waals surface area contributed by atoms with Crippen molar-refractivity contribution >= 4 is 0 Å². The zero-order chi connectivity index (χ0) is 8.06. The minimum Gasteiger partial charge on any atom is -0.388 e. The van der Waals surface area contributed by atoms with Crippen molar-refractivity contribution in [3.05, 3.63) is 0 Å². The molecule has 4 atom stereocenters. The number of hydrogen-bond acceptors (Lipinski definition) is 4. The molecule has 11 heavy (non-hydrogen) atoms. The number of rotatable bonds is 0. The fraction of sp³-hybridized carbons (Fsp3) is 1.00. The first-order valence-electron chi connectivity index (χ1n) is 3.75. The number of fused-ring (bicyclic) bond motifs is 1. The van der Waals surface area contributed by atoms with Gasteiger partial charge in [0.1, 0.15) is 23.9 Å². The van der Waals surface area contributed by atoms with E-state index in [9.17, 15) is 10.2 Å². The van der Waals surface area contributed by atoms with Crippen molar-refractivity contribution in [3.63, 3.8) is 0 Å². The van der Waals surface area contributed by atoms with Gasteiger partial charge in [-0.2, -0.15) is 0 Å². The van der Waals surface area contributed by atoms with Gasteiger partial charge >= 0.3 is 0 Å². The third kappa shape index (κ3) is 0.980. The van der Waals surface area contributed by atoms with Crippen LogP contribution in [0.25, 0.3) is 0 Å². The molecule has 0 unspecified atom stereocenters. The van der Waals surface area contributed by atoms with E-state index in [1.165, 1.54) is 0 Å². The Labute approximate surface area is 64.7 Å². The van der Waals surface area contributed by atoms with E-state index in [1.807, 2.05) is 0 Å². The van der Waals surface area contributed by atoms with Crippen LogP contribution in [0.5, 0.6) is 0 Å². The summed E-state index contributed by atoms with van der Waals surface area (Å²) in [6, 6.07) is 0. The molecule has 0 aromatic rings. The molecule has 0 aliphatic carbocycles. The first kappa shape index (κ1) is 7.49. The summed E-state index contributed by atoms with van der Waals surface area (Å²) in [5.74, 6) is 0. The van der Waals surface area contributed by atoms with Gasteiger partial charge < -0.3 is 19.7 Å². The largest absolute Gasteiger partial charge is 0.388 e. The van der Waals surface area contributed by atoms with Crippen LogP contribution in [0, 0.1) is 0 Å². The minimum absolute atomic E-state index is 0.249. The van der Waals surface area contributed by atoms with Crippen molar-refractivity contribution < 1.29 is 19.7 Å². The van der Waals surface area contributed by atoms with Gasteiger partial charge in [-0.25, -0.2) is 0 Å². The Kier molecular flexibility index (Phi) is 1.47. The Morgan fingerprint density at radius 3 is 2.82 bits per heavy atom. The van der Waals surface area contributed by atoms with Crippen LogP contribution in [0.3, 0.4) is 0 Å². The van der Waals surface area contributed by atoms with Crippen LogP contribution in [0.2, 0.25) is 0 Å². The van der Waals surface area contributed by atoms with E-state index in [0.29, 0.717) is 0 Å². The number of aliphatic hydroxyl groups excluding tert-OH is 1. The lowest BCUT2D eigenvalue weighted by Crippen LogP contribution is -2.40. The monoisotopic (exact) mass is 160 g/mol. The molecule has 0 spiro atoms. The molecule has 0 saturated carbocycles. The predicted octanol–water partition coefficient (Wildman–Crippen LogP) is -1.10. The van der Waals surface area contributed by atoms with E-state index in [0.717, 1.165) is 0 Å². The third-order valence-electron chi connectivity index (χ3n) is 2.31. The van der Waals surface area contributed by atoms with Crippen molar-refractivity contribution in [2.24, 2.45) is 0 Å². The molecule has 2 aliphatic rings. The van der Waals surface area contributed by atoms with Gasteiger partial charge in [-0.3, -0.25) is 0 Å². The molecule has 2 N–H and O–H groups in total. The maximum Gasteiger partial charge on any atom is 0.117 e. The van der Waals surface area contributed by atoms with Crippen LogP contribution < -0.4 is 0 Å². The topological polar surface area (TPSA) is 58.9 Å². The SMILES string of the molecule is C[C@@]1(O)CO[C@@H]2[C@H](O)CO[C@@H]21. The average molecular weight is 160 g/mol. The van der Waals surface area contributed by atoms with Crippen LogP contribution in [0.15, 0.2) is 0 Å². The summed E-state index contributed by atoms with van der Waals surface area (Å²) in [6.07, 6.45) is -1.25. The first-order valence-corrected chi connectivity index (χ1v) is 3.75. The number of hydrogen-bond donors (Lipinski definition) is 2. The molecule has 0 radical (unpaired) electrons. The van der Waals surface area contributed by atoms with Crippen molar-refractivity contribution in [1.29, 1.82) is 0 Å². The van der Waals surface area contributed by atoms with Crippen molar-refractivity contribution in [2.45, 2.75) is 30.8 Å². The highest BCUT2D eigenvalue weighted by Crippen LogP contribution is 2.33. The molecule has 0 bridgehead atoms. The highest BCUT2D eigenvalue weighted by molar-refractivity contribution is 5.01. The maximum absolute atomic E-state index is 9.62. The molecule has 0 aromatic heterocycles. The molecule has 2 rings (SSSR count). The molecule has 4 nitrogen and oxygen atoms in total. The lowest BCUT2D eigenvalue weighted by atomic mass is 9.99. The standard InChI is InChI=1S/C7H12O4/c1-7(9)3-11-5-4(8)2-10-6(5)7/h4-6,8-9H,2-3H2,1H3/t4-,5-,6+,7-/m1/s1. The summed E-state index contributed by atoms with van der Waals surface area (Å²) in [5.41, 5.74) is -0.928. The van der Waals surface area contributed by atoms with E-state index in [4.69, 9.17) is 9.47 Å². The van der Waals surface area contributed by atoms with Crippen LogP contribution in [-0.2, 0) is 9.47 Å². The van der Waals surface area contributed by atoms with Crippen molar-refractivity contribution in [1.82, 2.24) is 0 Å². The van der Waals surface area contributed by atoms with E-state index >= 15 is 0 Å². The average Bonchev–Trinajstić information content (AvgIpc) is 2.39.